The quantitative estimate of drug-likeness (QED) is 0.907. The smallest absolute Gasteiger partial charge is 0.180 e. The largest absolute Gasteiger partial charge is 0.497 e. The molecule has 0 aliphatic rings. The molecule has 17 heavy (non-hydrogen) atoms. The Hall–Kier alpha value is -1.55. The van der Waals surface area contributed by atoms with Crippen molar-refractivity contribution in [1.82, 2.24) is 4.98 Å². The van der Waals surface area contributed by atoms with Crippen molar-refractivity contribution in [1.29, 1.82) is 0 Å². The van der Waals surface area contributed by atoms with Crippen molar-refractivity contribution in [2.45, 2.75) is 19.8 Å². The molecule has 2 N–H and O–H groups in total. The molecule has 4 heteroatoms. The number of methoxy groups -OCH3 is 1. The Labute approximate surface area is 105 Å². The van der Waals surface area contributed by atoms with Crippen LogP contribution >= 0.6 is 11.3 Å². The van der Waals surface area contributed by atoms with Crippen molar-refractivity contribution in [2.75, 3.05) is 12.8 Å². The van der Waals surface area contributed by atoms with Gasteiger partial charge in [-0.3, -0.25) is 0 Å². The van der Waals surface area contributed by atoms with Gasteiger partial charge in [0.25, 0.3) is 0 Å². The molecule has 1 unspecified atom stereocenters. The molecular weight excluding hydrogens is 232 g/mol. The van der Waals surface area contributed by atoms with Gasteiger partial charge >= 0.3 is 0 Å². The van der Waals surface area contributed by atoms with Gasteiger partial charge in [-0.05, 0) is 24.6 Å². The summed E-state index contributed by atoms with van der Waals surface area (Å²) in [5.74, 6) is 1.17. The van der Waals surface area contributed by atoms with Gasteiger partial charge in [0.1, 0.15) is 5.75 Å². The maximum absolute atomic E-state index is 5.73. The zero-order valence-corrected chi connectivity index (χ0v) is 11.0. The van der Waals surface area contributed by atoms with Gasteiger partial charge in [0.2, 0.25) is 0 Å². The Morgan fingerprint density at radius 3 is 2.76 bits per heavy atom. The summed E-state index contributed by atoms with van der Waals surface area (Å²) in [7, 11) is 1.68. The summed E-state index contributed by atoms with van der Waals surface area (Å²) in [6, 6.07) is 8.11. The first kappa shape index (κ1) is 11.9. The van der Waals surface area contributed by atoms with Crippen molar-refractivity contribution in [3.63, 3.8) is 0 Å². The highest BCUT2D eigenvalue weighted by Crippen LogP contribution is 2.33. The molecule has 0 saturated carbocycles. The average molecular weight is 248 g/mol. The molecule has 2 aromatic rings. The SMILES string of the molecule is COc1cccc(C(C)c2sc(N)nc2C)c1. The van der Waals surface area contributed by atoms with Crippen LogP contribution in [0.2, 0.25) is 0 Å². The highest BCUT2D eigenvalue weighted by atomic mass is 32.1. The number of aryl methyl sites for hydroxylation is 1. The van der Waals surface area contributed by atoms with Crippen LogP contribution in [-0.2, 0) is 0 Å². The highest BCUT2D eigenvalue weighted by Gasteiger charge is 2.15. The molecule has 2 rings (SSSR count). The summed E-state index contributed by atoms with van der Waals surface area (Å²) in [5.41, 5.74) is 7.97. The molecule has 0 aliphatic carbocycles. The maximum Gasteiger partial charge on any atom is 0.180 e. The lowest BCUT2D eigenvalue weighted by atomic mass is 9.98. The lowest BCUT2D eigenvalue weighted by molar-refractivity contribution is 0.414. The van der Waals surface area contributed by atoms with Crippen LogP contribution in [0.15, 0.2) is 24.3 Å². The predicted octanol–water partition coefficient (Wildman–Crippen LogP) is 3.19. The minimum absolute atomic E-state index is 0.292. The van der Waals surface area contributed by atoms with Crippen LogP contribution in [0.1, 0.15) is 29.0 Å². The van der Waals surface area contributed by atoms with Crippen LogP contribution in [-0.4, -0.2) is 12.1 Å². The van der Waals surface area contributed by atoms with Crippen molar-refractivity contribution in [3.8, 4) is 5.75 Å². The van der Waals surface area contributed by atoms with Crippen molar-refractivity contribution in [3.05, 3.63) is 40.4 Å². The molecule has 0 saturated heterocycles. The summed E-state index contributed by atoms with van der Waals surface area (Å²) in [6.07, 6.45) is 0. The molecular formula is C13H16N2OS. The van der Waals surface area contributed by atoms with Crippen LogP contribution in [0.4, 0.5) is 5.13 Å². The van der Waals surface area contributed by atoms with E-state index in [1.807, 2.05) is 19.1 Å². The van der Waals surface area contributed by atoms with E-state index >= 15 is 0 Å². The Bertz CT molecular complexity index is 522. The van der Waals surface area contributed by atoms with E-state index in [-0.39, 0.29) is 0 Å². The van der Waals surface area contributed by atoms with Crippen LogP contribution in [0.5, 0.6) is 5.75 Å². The molecule has 1 aromatic carbocycles. The predicted molar refractivity (Wildman–Crippen MR) is 71.8 cm³/mol. The van der Waals surface area contributed by atoms with E-state index < -0.39 is 0 Å². The topological polar surface area (TPSA) is 48.1 Å². The zero-order valence-electron chi connectivity index (χ0n) is 10.2. The van der Waals surface area contributed by atoms with Crippen molar-refractivity contribution in [2.24, 2.45) is 0 Å². The number of ether oxygens (including phenoxy) is 1. The third-order valence-electron chi connectivity index (χ3n) is 2.84. The minimum atomic E-state index is 0.292. The van der Waals surface area contributed by atoms with Crippen LogP contribution in [0.25, 0.3) is 0 Å². The van der Waals surface area contributed by atoms with Gasteiger partial charge in [-0.25, -0.2) is 4.98 Å². The number of nitrogens with two attached hydrogens (primary N) is 1. The molecule has 0 amide bonds. The minimum Gasteiger partial charge on any atom is -0.497 e. The number of thiazole rings is 1. The fraction of sp³-hybridized carbons (Fsp3) is 0.308. The number of aromatic nitrogens is 1. The summed E-state index contributed by atoms with van der Waals surface area (Å²) in [6.45, 7) is 4.16. The van der Waals surface area contributed by atoms with E-state index in [9.17, 15) is 0 Å². The third kappa shape index (κ3) is 2.42. The van der Waals surface area contributed by atoms with E-state index in [4.69, 9.17) is 10.5 Å². The van der Waals surface area contributed by atoms with Crippen LogP contribution < -0.4 is 10.5 Å². The normalized spacial score (nSPS) is 12.4. The lowest BCUT2D eigenvalue weighted by Crippen LogP contribution is -1.96. The van der Waals surface area contributed by atoms with E-state index in [1.165, 1.54) is 10.4 Å². The molecule has 0 spiro atoms. The molecule has 3 nitrogen and oxygen atoms in total. The Kier molecular flexibility index (Phi) is 3.33. The van der Waals surface area contributed by atoms with Gasteiger partial charge in [-0.15, -0.1) is 11.3 Å². The van der Waals surface area contributed by atoms with E-state index in [1.54, 1.807) is 18.4 Å². The van der Waals surface area contributed by atoms with Gasteiger partial charge < -0.3 is 10.5 Å². The summed E-state index contributed by atoms with van der Waals surface area (Å²) in [4.78, 5) is 5.48. The van der Waals surface area contributed by atoms with Gasteiger partial charge in [-0.1, -0.05) is 19.1 Å². The van der Waals surface area contributed by atoms with E-state index in [0.29, 0.717) is 11.0 Å². The Morgan fingerprint density at radius 1 is 1.41 bits per heavy atom. The number of benzene rings is 1. The van der Waals surface area contributed by atoms with Crippen molar-refractivity contribution < 1.29 is 4.74 Å². The number of nitrogens with zero attached hydrogens (tertiary/aromatic N) is 1. The fourth-order valence-electron chi connectivity index (χ4n) is 1.89. The molecule has 1 atom stereocenters. The molecule has 1 aromatic heterocycles. The van der Waals surface area contributed by atoms with Gasteiger partial charge in [0, 0.05) is 10.8 Å². The number of anilines is 1. The second kappa shape index (κ2) is 4.75. The Balaban J connectivity index is 2.36. The maximum atomic E-state index is 5.73. The molecule has 0 bridgehead atoms. The average Bonchev–Trinajstić information content (AvgIpc) is 2.67. The highest BCUT2D eigenvalue weighted by molar-refractivity contribution is 7.15. The monoisotopic (exact) mass is 248 g/mol. The zero-order chi connectivity index (χ0) is 12.4. The second-order valence-electron chi connectivity index (χ2n) is 4.00. The summed E-state index contributed by atoms with van der Waals surface area (Å²) in [5, 5.41) is 0.632. The first-order valence-electron chi connectivity index (χ1n) is 5.48. The molecule has 0 fully saturated rings. The van der Waals surface area contributed by atoms with Gasteiger partial charge in [-0.2, -0.15) is 0 Å². The second-order valence-corrected chi connectivity index (χ2v) is 5.06. The van der Waals surface area contributed by atoms with E-state index in [2.05, 4.69) is 24.0 Å². The number of rotatable bonds is 3. The fourth-order valence-corrected chi connectivity index (χ4v) is 2.81. The molecule has 90 valence electrons. The summed E-state index contributed by atoms with van der Waals surface area (Å²) < 4.78 is 5.24. The lowest BCUT2D eigenvalue weighted by Gasteiger charge is -2.11. The molecule has 1 heterocycles. The van der Waals surface area contributed by atoms with Crippen LogP contribution in [0, 0.1) is 6.92 Å². The van der Waals surface area contributed by atoms with E-state index in [0.717, 1.165) is 11.4 Å². The Morgan fingerprint density at radius 2 is 2.18 bits per heavy atom. The number of nitrogen functional groups attached to an aromatic ring is 1. The van der Waals surface area contributed by atoms with Crippen LogP contribution in [0.3, 0.4) is 0 Å². The van der Waals surface area contributed by atoms with Crippen molar-refractivity contribution >= 4 is 16.5 Å². The first-order valence-corrected chi connectivity index (χ1v) is 6.30. The number of hydrogen-bond acceptors (Lipinski definition) is 4. The summed E-state index contributed by atoms with van der Waals surface area (Å²) >= 11 is 1.56. The third-order valence-corrected chi connectivity index (χ3v) is 4.01. The number of hydrogen-bond donors (Lipinski definition) is 1. The molecule has 0 radical (unpaired) electrons. The molecule has 0 aliphatic heterocycles. The first-order chi connectivity index (χ1) is 8.11. The van der Waals surface area contributed by atoms with Gasteiger partial charge in [0.15, 0.2) is 5.13 Å². The van der Waals surface area contributed by atoms with Gasteiger partial charge in [0.05, 0.1) is 12.8 Å². The standard InChI is InChI=1S/C13H16N2OS/c1-8(12-9(2)15-13(14)17-12)10-5-4-6-11(7-10)16-3/h4-8H,1-3H3,(H2,14,15).